The number of carbonyl (C=O) groups is 2. The fourth-order valence-corrected chi connectivity index (χ4v) is 2.00. The van der Waals surface area contributed by atoms with Gasteiger partial charge in [-0.25, -0.2) is 0 Å². The summed E-state index contributed by atoms with van der Waals surface area (Å²) in [6, 6.07) is -0.483. The minimum atomic E-state index is -0.483. The fourth-order valence-electron chi connectivity index (χ4n) is 1.43. The van der Waals surface area contributed by atoms with E-state index in [2.05, 4.69) is 8.75 Å². The first-order chi connectivity index (χ1) is 7.04. The molecule has 1 aliphatic heterocycles. The largest absolute Gasteiger partial charge is 0.328 e. The molecule has 0 aliphatic carbocycles. The van der Waals surface area contributed by atoms with Crippen molar-refractivity contribution in [3.63, 3.8) is 0 Å². The van der Waals surface area contributed by atoms with Crippen molar-refractivity contribution in [3.05, 3.63) is 5.69 Å². The summed E-state index contributed by atoms with van der Waals surface area (Å²) < 4.78 is 7.87. The summed E-state index contributed by atoms with van der Waals surface area (Å²) in [6.07, 6.45) is 0. The van der Waals surface area contributed by atoms with Crippen LogP contribution in [0.2, 0.25) is 0 Å². The van der Waals surface area contributed by atoms with E-state index < -0.39 is 6.04 Å². The van der Waals surface area contributed by atoms with Crippen molar-refractivity contribution in [2.75, 3.05) is 19.0 Å². The molecule has 0 radical (unpaired) electrons. The lowest BCUT2D eigenvalue weighted by atomic mass is 10.3. The van der Waals surface area contributed by atoms with Gasteiger partial charge in [0.15, 0.2) is 11.5 Å². The maximum atomic E-state index is 11.9. The Kier molecular flexibility index (Phi) is 2.18. The third-order valence-corrected chi connectivity index (χ3v) is 3.10. The van der Waals surface area contributed by atoms with Crippen molar-refractivity contribution in [1.82, 2.24) is 13.6 Å². The molecule has 2 amide bonds. The van der Waals surface area contributed by atoms with E-state index in [1.807, 2.05) is 0 Å². The number of rotatable bonds is 0. The lowest BCUT2D eigenvalue weighted by Crippen LogP contribution is -2.43. The van der Waals surface area contributed by atoms with E-state index in [1.54, 1.807) is 21.0 Å². The van der Waals surface area contributed by atoms with E-state index >= 15 is 0 Å². The second-order valence-corrected chi connectivity index (χ2v) is 3.95. The second-order valence-electron chi connectivity index (χ2n) is 3.43. The number of likely N-dealkylation sites (N-methyl/N-ethyl adjacent to an activating group) is 2. The first kappa shape index (κ1) is 10.0. The van der Waals surface area contributed by atoms with Gasteiger partial charge in [-0.2, -0.15) is 8.75 Å². The van der Waals surface area contributed by atoms with Gasteiger partial charge in [-0.15, -0.1) is 0 Å². The molecule has 2 rings (SSSR count). The zero-order valence-electron chi connectivity index (χ0n) is 8.59. The van der Waals surface area contributed by atoms with E-state index in [-0.39, 0.29) is 17.5 Å². The van der Waals surface area contributed by atoms with Crippen LogP contribution in [0.5, 0.6) is 0 Å². The number of anilines is 1. The van der Waals surface area contributed by atoms with Crippen LogP contribution in [0.4, 0.5) is 5.82 Å². The highest BCUT2D eigenvalue weighted by atomic mass is 32.1. The molecule has 1 unspecified atom stereocenters. The van der Waals surface area contributed by atoms with Crippen LogP contribution in [0.25, 0.3) is 0 Å². The first-order valence-corrected chi connectivity index (χ1v) is 5.14. The van der Waals surface area contributed by atoms with Crippen LogP contribution < -0.4 is 4.90 Å². The molecule has 80 valence electrons. The molecule has 1 aromatic heterocycles. The maximum absolute atomic E-state index is 11.9. The molecule has 0 N–H and O–H groups in total. The van der Waals surface area contributed by atoms with Gasteiger partial charge in [-0.3, -0.25) is 14.5 Å². The molecule has 0 fully saturated rings. The Morgan fingerprint density at radius 3 is 2.60 bits per heavy atom. The highest BCUT2D eigenvalue weighted by Crippen LogP contribution is 2.23. The Bertz CT molecular complexity index is 430. The average molecular weight is 226 g/mol. The summed E-state index contributed by atoms with van der Waals surface area (Å²) in [6.45, 7) is 1.69. The molecule has 6 nitrogen and oxygen atoms in total. The summed E-state index contributed by atoms with van der Waals surface area (Å²) in [5.41, 5.74) is 0.253. The highest BCUT2D eigenvalue weighted by molar-refractivity contribution is 6.99. The zero-order chi connectivity index (χ0) is 11.2. The minimum Gasteiger partial charge on any atom is -0.328 e. The monoisotopic (exact) mass is 226 g/mol. The standard InChI is InChI=1S/C8H10N4O2S/c1-4-7(13)12(3)6-5(9-15-10-6)8(14)11(4)2/h4H,1-3H3. The van der Waals surface area contributed by atoms with E-state index in [4.69, 9.17) is 0 Å². The van der Waals surface area contributed by atoms with E-state index in [1.165, 1.54) is 9.80 Å². The van der Waals surface area contributed by atoms with Gasteiger partial charge in [-0.1, -0.05) is 0 Å². The van der Waals surface area contributed by atoms with Gasteiger partial charge in [0.05, 0.1) is 11.7 Å². The van der Waals surface area contributed by atoms with Gasteiger partial charge < -0.3 is 4.90 Å². The Balaban J connectivity index is 2.57. The van der Waals surface area contributed by atoms with Gasteiger partial charge in [0.25, 0.3) is 5.91 Å². The molecular weight excluding hydrogens is 216 g/mol. The third kappa shape index (κ3) is 1.30. The maximum Gasteiger partial charge on any atom is 0.277 e. The van der Waals surface area contributed by atoms with Crippen LogP contribution in [0.3, 0.4) is 0 Å². The van der Waals surface area contributed by atoms with Gasteiger partial charge in [-0.05, 0) is 6.92 Å². The molecule has 0 saturated carbocycles. The van der Waals surface area contributed by atoms with E-state index in [9.17, 15) is 9.59 Å². The highest BCUT2D eigenvalue weighted by Gasteiger charge is 2.36. The molecule has 7 heteroatoms. The Morgan fingerprint density at radius 2 is 1.93 bits per heavy atom. The molecule has 0 aromatic carbocycles. The predicted octanol–water partition coefficient (Wildman–Crippen LogP) is -0.0250. The number of fused-ring (bicyclic) bond motifs is 1. The van der Waals surface area contributed by atoms with Crippen molar-refractivity contribution in [2.24, 2.45) is 0 Å². The number of hydrogen-bond acceptors (Lipinski definition) is 5. The normalized spacial score (nSPS) is 21.7. The van der Waals surface area contributed by atoms with Crippen LogP contribution >= 0.6 is 11.7 Å². The zero-order valence-corrected chi connectivity index (χ0v) is 9.41. The summed E-state index contributed by atoms with van der Waals surface area (Å²) in [5.74, 6) is -0.0625. The summed E-state index contributed by atoms with van der Waals surface area (Å²) >= 11 is 0.936. The number of hydrogen-bond donors (Lipinski definition) is 0. The molecule has 0 saturated heterocycles. The van der Waals surface area contributed by atoms with Crippen LogP contribution in [-0.4, -0.2) is 45.6 Å². The average Bonchev–Trinajstić information content (AvgIpc) is 2.70. The minimum absolute atomic E-state index is 0.155. The summed E-state index contributed by atoms with van der Waals surface area (Å²) in [5, 5.41) is 0. The molecule has 0 bridgehead atoms. The second kappa shape index (κ2) is 3.27. The number of aromatic nitrogens is 2. The van der Waals surface area contributed by atoms with Gasteiger partial charge in [0, 0.05) is 14.1 Å². The third-order valence-electron chi connectivity index (χ3n) is 2.58. The van der Waals surface area contributed by atoms with Gasteiger partial charge in [0.1, 0.15) is 6.04 Å². The number of amides is 2. The Morgan fingerprint density at radius 1 is 1.27 bits per heavy atom. The smallest absolute Gasteiger partial charge is 0.277 e. The molecule has 1 aliphatic rings. The van der Waals surface area contributed by atoms with Crippen molar-refractivity contribution in [2.45, 2.75) is 13.0 Å². The van der Waals surface area contributed by atoms with E-state index in [0.717, 1.165) is 11.7 Å². The summed E-state index contributed by atoms with van der Waals surface area (Å²) in [4.78, 5) is 26.4. The van der Waals surface area contributed by atoms with Crippen LogP contribution in [-0.2, 0) is 4.79 Å². The summed E-state index contributed by atoms with van der Waals surface area (Å²) in [7, 11) is 3.19. The lowest BCUT2D eigenvalue weighted by molar-refractivity contribution is -0.121. The first-order valence-electron chi connectivity index (χ1n) is 4.41. The topological polar surface area (TPSA) is 66.4 Å². The number of carbonyl (C=O) groups excluding carboxylic acids is 2. The molecule has 15 heavy (non-hydrogen) atoms. The van der Waals surface area contributed by atoms with Crippen molar-refractivity contribution in [3.8, 4) is 0 Å². The van der Waals surface area contributed by atoms with Gasteiger partial charge in [0.2, 0.25) is 5.91 Å². The quantitative estimate of drug-likeness (QED) is 0.623. The lowest BCUT2D eigenvalue weighted by Gasteiger charge is -2.22. The molecule has 1 atom stereocenters. The predicted molar refractivity (Wildman–Crippen MR) is 54.9 cm³/mol. The Hall–Kier alpha value is -1.50. The van der Waals surface area contributed by atoms with Gasteiger partial charge >= 0.3 is 0 Å². The Labute approximate surface area is 90.8 Å². The van der Waals surface area contributed by atoms with Crippen LogP contribution in [0.15, 0.2) is 0 Å². The van der Waals surface area contributed by atoms with Crippen LogP contribution in [0.1, 0.15) is 17.4 Å². The van der Waals surface area contributed by atoms with E-state index in [0.29, 0.717) is 5.82 Å². The SMILES string of the molecule is CC1C(=O)N(C)c2nsnc2C(=O)N1C. The number of nitrogens with zero attached hydrogens (tertiary/aromatic N) is 4. The molecule has 0 spiro atoms. The van der Waals surface area contributed by atoms with Crippen LogP contribution in [0, 0.1) is 0 Å². The van der Waals surface area contributed by atoms with Crippen molar-refractivity contribution < 1.29 is 9.59 Å². The molecule has 2 heterocycles. The van der Waals surface area contributed by atoms with Crippen molar-refractivity contribution >= 4 is 29.4 Å². The fraction of sp³-hybridized carbons (Fsp3) is 0.500. The molecule has 1 aromatic rings. The van der Waals surface area contributed by atoms with Crippen molar-refractivity contribution in [1.29, 1.82) is 0 Å². The molecular formula is C8H10N4O2S.